The largest absolute Gasteiger partial charge is 0.392 e. The summed E-state index contributed by atoms with van der Waals surface area (Å²) in [6, 6.07) is 5.52. The van der Waals surface area contributed by atoms with Crippen LogP contribution in [0.1, 0.15) is 50.8 Å². The van der Waals surface area contributed by atoms with Crippen molar-refractivity contribution in [3.05, 3.63) is 47.4 Å². The molecule has 1 aromatic heterocycles. The summed E-state index contributed by atoms with van der Waals surface area (Å²) in [5, 5.41) is 20.1. The molecular formula is C22H29FN4O5S. The first-order valence-corrected chi connectivity index (χ1v) is 12.1. The minimum atomic E-state index is -3.64. The Balaban J connectivity index is 2.56. The van der Waals surface area contributed by atoms with Crippen LogP contribution in [0.5, 0.6) is 0 Å². The molecule has 0 aliphatic rings. The maximum atomic E-state index is 13.5. The Kier molecular flexibility index (Phi) is 9.03. The standard InChI is InChI=1S/C22H29FN4O5S/c1-4-33(31,32)27-22-25-20(13(2)3)18(10-9-16(28)11-17(29)12-19(24)30)21(26-22)14-5-7-15(23)8-6-14/h5-10,13,16-17,28-29H,4,11-12H2,1-3H3,(H2,24,30)(H,25,26,27)/b10-9+/t16-,17-/m1/s1. The molecule has 180 valence electrons. The number of anilines is 1. The summed E-state index contributed by atoms with van der Waals surface area (Å²) in [6.07, 6.45) is 0.380. The van der Waals surface area contributed by atoms with Crippen LogP contribution < -0.4 is 10.5 Å². The van der Waals surface area contributed by atoms with Crippen molar-refractivity contribution in [1.29, 1.82) is 0 Å². The molecule has 0 unspecified atom stereocenters. The number of benzene rings is 1. The van der Waals surface area contributed by atoms with Gasteiger partial charge in [-0.3, -0.25) is 9.52 Å². The highest BCUT2D eigenvalue weighted by atomic mass is 32.2. The first-order chi connectivity index (χ1) is 15.4. The molecule has 2 aromatic rings. The van der Waals surface area contributed by atoms with Gasteiger partial charge in [0.2, 0.25) is 21.9 Å². The highest BCUT2D eigenvalue weighted by Gasteiger charge is 2.20. The molecule has 1 aromatic carbocycles. The third-order valence-electron chi connectivity index (χ3n) is 4.70. The van der Waals surface area contributed by atoms with E-state index in [0.29, 0.717) is 22.5 Å². The normalized spacial score (nSPS) is 13.9. The first kappa shape index (κ1) is 26.4. The smallest absolute Gasteiger partial charge is 0.237 e. The Morgan fingerprint density at radius 2 is 1.85 bits per heavy atom. The molecule has 1 heterocycles. The Hall–Kier alpha value is -2.89. The summed E-state index contributed by atoms with van der Waals surface area (Å²) < 4.78 is 40.0. The summed E-state index contributed by atoms with van der Waals surface area (Å²) in [6.45, 7) is 5.20. The zero-order valence-corrected chi connectivity index (χ0v) is 19.5. The van der Waals surface area contributed by atoms with E-state index in [2.05, 4.69) is 14.7 Å². The van der Waals surface area contributed by atoms with Crippen molar-refractivity contribution in [3.8, 4) is 11.3 Å². The van der Waals surface area contributed by atoms with Gasteiger partial charge in [-0.15, -0.1) is 0 Å². The Bertz CT molecular complexity index is 1100. The quantitative estimate of drug-likeness (QED) is 0.384. The number of rotatable bonds is 11. The Labute approximate surface area is 192 Å². The molecule has 2 rings (SSSR count). The second-order valence-electron chi connectivity index (χ2n) is 7.85. The van der Waals surface area contributed by atoms with Gasteiger partial charge in [0.1, 0.15) is 5.82 Å². The maximum Gasteiger partial charge on any atom is 0.237 e. The zero-order valence-electron chi connectivity index (χ0n) is 18.7. The van der Waals surface area contributed by atoms with Gasteiger partial charge >= 0.3 is 0 Å². The average molecular weight is 481 g/mol. The topological polar surface area (TPSA) is 156 Å². The van der Waals surface area contributed by atoms with Crippen LogP contribution >= 0.6 is 0 Å². The lowest BCUT2D eigenvalue weighted by molar-refractivity contribution is -0.120. The molecule has 1 amide bonds. The summed E-state index contributed by atoms with van der Waals surface area (Å²) in [7, 11) is -3.64. The van der Waals surface area contributed by atoms with E-state index in [9.17, 15) is 27.8 Å². The van der Waals surface area contributed by atoms with Gasteiger partial charge in [-0.2, -0.15) is 0 Å². The number of nitrogens with two attached hydrogens (primary N) is 1. The van der Waals surface area contributed by atoms with Crippen molar-refractivity contribution in [2.45, 2.75) is 51.7 Å². The van der Waals surface area contributed by atoms with Gasteiger partial charge in [0.15, 0.2) is 0 Å². The third-order valence-corrected chi connectivity index (χ3v) is 5.96. The van der Waals surface area contributed by atoms with Gasteiger partial charge in [-0.1, -0.05) is 26.0 Å². The van der Waals surface area contributed by atoms with Gasteiger partial charge in [-0.25, -0.2) is 22.8 Å². The third kappa shape index (κ3) is 7.88. The van der Waals surface area contributed by atoms with Crippen molar-refractivity contribution >= 4 is 28.0 Å². The zero-order chi connectivity index (χ0) is 24.8. The van der Waals surface area contributed by atoms with E-state index in [1.54, 1.807) is 6.08 Å². The van der Waals surface area contributed by atoms with Crippen LogP contribution in [0.4, 0.5) is 10.3 Å². The lowest BCUT2D eigenvalue weighted by Crippen LogP contribution is -2.23. The number of primary amides is 1. The lowest BCUT2D eigenvalue weighted by atomic mass is 9.97. The maximum absolute atomic E-state index is 13.5. The number of aliphatic hydroxyl groups is 2. The van der Waals surface area contributed by atoms with Crippen molar-refractivity contribution in [2.75, 3.05) is 10.5 Å². The summed E-state index contributed by atoms with van der Waals surface area (Å²) in [5.41, 5.74) is 6.91. The summed E-state index contributed by atoms with van der Waals surface area (Å²) in [4.78, 5) is 19.7. The van der Waals surface area contributed by atoms with E-state index in [4.69, 9.17) is 5.73 Å². The molecule has 0 fully saturated rings. The number of aromatic nitrogens is 2. The van der Waals surface area contributed by atoms with Crippen molar-refractivity contribution in [2.24, 2.45) is 5.73 Å². The van der Waals surface area contributed by atoms with Crippen LogP contribution in [0.25, 0.3) is 17.3 Å². The van der Waals surface area contributed by atoms with Crippen LogP contribution in [-0.4, -0.2) is 52.5 Å². The highest BCUT2D eigenvalue weighted by Crippen LogP contribution is 2.31. The molecule has 0 bridgehead atoms. The molecule has 0 radical (unpaired) electrons. The van der Waals surface area contributed by atoms with Gasteiger partial charge in [0.05, 0.1) is 35.8 Å². The second-order valence-corrected chi connectivity index (χ2v) is 9.86. The molecular weight excluding hydrogens is 451 g/mol. The molecule has 0 aliphatic heterocycles. The number of carbonyl (C=O) groups excluding carboxylic acids is 1. The number of carbonyl (C=O) groups is 1. The second kappa shape index (κ2) is 11.3. The molecule has 0 spiro atoms. The summed E-state index contributed by atoms with van der Waals surface area (Å²) in [5.74, 6) is -1.57. The molecule has 11 heteroatoms. The number of halogens is 1. The fourth-order valence-corrected chi connectivity index (χ4v) is 3.57. The predicted molar refractivity (Wildman–Crippen MR) is 124 cm³/mol. The van der Waals surface area contributed by atoms with Crippen LogP contribution in [0.15, 0.2) is 30.3 Å². The fourth-order valence-electron chi connectivity index (χ4n) is 3.06. The minimum absolute atomic E-state index is 0.114. The number of amides is 1. The van der Waals surface area contributed by atoms with Gasteiger partial charge in [-0.05, 0) is 37.1 Å². The number of sulfonamides is 1. The van der Waals surface area contributed by atoms with E-state index in [1.807, 2.05) is 13.8 Å². The molecule has 2 atom stereocenters. The van der Waals surface area contributed by atoms with Gasteiger partial charge < -0.3 is 15.9 Å². The fraction of sp³-hybridized carbons (Fsp3) is 0.409. The predicted octanol–water partition coefficient (Wildman–Crippen LogP) is 2.17. The number of nitrogens with zero attached hydrogens (tertiary/aromatic N) is 2. The first-order valence-electron chi connectivity index (χ1n) is 10.4. The lowest BCUT2D eigenvalue weighted by Gasteiger charge is -2.17. The average Bonchev–Trinajstić information content (AvgIpc) is 2.71. The van der Waals surface area contributed by atoms with E-state index < -0.39 is 34.0 Å². The van der Waals surface area contributed by atoms with E-state index in [-0.39, 0.29) is 30.5 Å². The highest BCUT2D eigenvalue weighted by molar-refractivity contribution is 7.92. The van der Waals surface area contributed by atoms with Crippen molar-refractivity contribution < 1.29 is 27.8 Å². The SMILES string of the molecule is CCS(=O)(=O)Nc1nc(-c2ccc(F)cc2)c(/C=C/[C@@H](O)C[C@@H](O)CC(N)=O)c(C(C)C)n1. The van der Waals surface area contributed by atoms with Crippen LogP contribution in [-0.2, 0) is 14.8 Å². The number of hydrogen-bond donors (Lipinski definition) is 4. The molecule has 0 saturated carbocycles. The van der Waals surface area contributed by atoms with Gasteiger partial charge in [0.25, 0.3) is 0 Å². The molecule has 9 nitrogen and oxygen atoms in total. The number of aliphatic hydroxyl groups excluding tert-OH is 2. The Morgan fingerprint density at radius 1 is 1.21 bits per heavy atom. The molecule has 33 heavy (non-hydrogen) atoms. The molecule has 0 saturated heterocycles. The number of hydrogen-bond acceptors (Lipinski definition) is 7. The monoisotopic (exact) mass is 480 g/mol. The summed E-state index contributed by atoms with van der Waals surface area (Å²) >= 11 is 0. The minimum Gasteiger partial charge on any atom is -0.392 e. The van der Waals surface area contributed by atoms with Gasteiger partial charge in [0, 0.05) is 17.5 Å². The van der Waals surface area contributed by atoms with Crippen LogP contribution in [0, 0.1) is 5.82 Å². The van der Waals surface area contributed by atoms with E-state index >= 15 is 0 Å². The Morgan fingerprint density at radius 3 is 2.39 bits per heavy atom. The number of nitrogens with one attached hydrogen (secondary N) is 1. The van der Waals surface area contributed by atoms with Crippen LogP contribution in [0.3, 0.4) is 0 Å². The van der Waals surface area contributed by atoms with Crippen molar-refractivity contribution in [1.82, 2.24) is 9.97 Å². The molecule has 5 N–H and O–H groups in total. The van der Waals surface area contributed by atoms with E-state index in [1.165, 1.54) is 37.3 Å². The van der Waals surface area contributed by atoms with Crippen LogP contribution in [0.2, 0.25) is 0 Å². The van der Waals surface area contributed by atoms with Crippen molar-refractivity contribution in [3.63, 3.8) is 0 Å². The van der Waals surface area contributed by atoms with E-state index in [0.717, 1.165) is 0 Å². The molecule has 0 aliphatic carbocycles.